The van der Waals surface area contributed by atoms with E-state index in [1.54, 1.807) is 0 Å². The molecule has 0 saturated heterocycles. The van der Waals surface area contributed by atoms with Crippen molar-refractivity contribution in [1.29, 1.82) is 0 Å². The molecule has 0 unspecified atom stereocenters. The zero-order valence-electron chi connectivity index (χ0n) is 7.29. The molecule has 16 heavy (non-hydrogen) atoms. The van der Waals surface area contributed by atoms with E-state index in [0.29, 0.717) is 10.9 Å². The molecule has 0 atom stereocenters. The third-order valence-corrected chi connectivity index (χ3v) is 4.43. The second kappa shape index (κ2) is 4.56. The Labute approximate surface area is 121 Å². The maximum absolute atomic E-state index is 6.02. The second-order valence-corrected chi connectivity index (χ2v) is 5.19. The molecule has 1 nitrogen and oxygen atoms in total. The van der Waals surface area contributed by atoms with Gasteiger partial charge in [0.05, 0.1) is 30.6 Å². The number of halogens is 6. The molecule has 1 aromatic carbocycles. The smallest absolute Gasteiger partial charge is 0.149 e. The van der Waals surface area contributed by atoms with E-state index in [4.69, 9.17) is 69.6 Å². The predicted octanol–water partition coefficient (Wildman–Crippen LogP) is 6.16. The lowest BCUT2D eigenvalue weighted by molar-refractivity contribution is 1.41. The standard InChI is InChI=1S/C9HCl6N/c10-2-1-3-4(6(12)5(2)11)7(13)8(14)9(15)16-3/h1H. The van der Waals surface area contributed by atoms with Crippen molar-refractivity contribution in [3.63, 3.8) is 0 Å². The highest BCUT2D eigenvalue weighted by atomic mass is 35.5. The Kier molecular flexibility index (Phi) is 3.66. The van der Waals surface area contributed by atoms with Gasteiger partial charge in [0.25, 0.3) is 0 Å². The van der Waals surface area contributed by atoms with E-state index in [1.165, 1.54) is 6.07 Å². The third kappa shape index (κ3) is 1.94. The van der Waals surface area contributed by atoms with Gasteiger partial charge in [0.2, 0.25) is 0 Å². The number of nitrogens with zero attached hydrogens (tertiary/aromatic N) is 1. The highest BCUT2D eigenvalue weighted by Crippen LogP contribution is 2.43. The number of hydrogen-bond donors (Lipinski definition) is 0. The molecule has 0 spiro atoms. The van der Waals surface area contributed by atoms with E-state index in [-0.39, 0.29) is 30.3 Å². The molecule has 1 aromatic heterocycles. The molecule has 1 heterocycles. The Morgan fingerprint density at radius 2 is 1.31 bits per heavy atom. The summed E-state index contributed by atoms with van der Waals surface area (Å²) in [6.45, 7) is 0. The molecule has 0 aliphatic heterocycles. The van der Waals surface area contributed by atoms with Crippen LogP contribution in [0.2, 0.25) is 30.3 Å². The first-order chi connectivity index (χ1) is 7.43. The Bertz CT molecular complexity index is 546. The SMILES string of the molecule is Clc1cc2nc(Cl)c(Cl)c(Cl)c2c(Cl)c1Cl. The summed E-state index contributed by atoms with van der Waals surface area (Å²) < 4.78 is 0. The Morgan fingerprint density at radius 1 is 0.750 bits per heavy atom. The minimum Gasteiger partial charge on any atom is -0.234 e. The lowest BCUT2D eigenvalue weighted by Crippen LogP contribution is -1.87. The van der Waals surface area contributed by atoms with Crippen molar-refractivity contribution in [3.05, 3.63) is 36.3 Å². The lowest BCUT2D eigenvalue weighted by Gasteiger charge is -2.08. The molecule has 0 saturated carbocycles. The fraction of sp³-hybridized carbons (Fsp3) is 0. The van der Waals surface area contributed by atoms with Gasteiger partial charge in [0, 0.05) is 5.39 Å². The maximum Gasteiger partial charge on any atom is 0.149 e. The molecule has 0 aliphatic rings. The van der Waals surface area contributed by atoms with Gasteiger partial charge in [-0.05, 0) is 6.07 Å². The summed E-state index contributed by atoms with van der Waals surface area (Å²) in [5, 5.41) is 1.57. The van der Waals surface area contributed by atoms with Crippen LogP contribution in [0.4, 0.5) is 0 Å². The fourth-order valence-electron chi connectivity index (χ4n) is 1.23. The summed E-state index contributed by atoms with van der Waals surface area (Å²) in [6.07, 6.45) is 0. The van der Waals surface area contributed by atoms with E-state index >= 15 is 0 Å². The van der Waals surface area contributed by atoms with E-state index in [9.17, 15) is 0 Å². The Hall–Kier alpha value is 0.370. The largest absolute Gasteiger partial charge is 0.234 e. The first kappa shape index (κ1) is 12.8. The van der Waals surface area contributed by atoms with E-state index < -0.39 is 0 Å². The monoisotopic (exact) mass is 333 g/mol. The maximum atomic E-state index is 6.02. The van der Waals surface area contributed by atoms with Gasteiger partial charge >= 0.3 is 0 Å². The number of fused-ring (bicyclic) bond motifs is 1. The Morgan fingerprint density at radius 3 is 1.94 bits per heavy atom. The van der Waals surface area contributed by atoms with Crippen molar-refractivity contribution < 1.29 is 0 Å². The first-order valence-corrected chi connectivity index (χ1v) is 6.18. The van der Waals surface area contributed by atoms with Gasteiger partial charge in [-0.25, -0.2) is 4.98 Å². The molecule has 0 amide bonds. The second-order valence-electron chi connectivity index (χ2n) is 2.91. The van der Waals surface area contributed by atoms with Gasteiger partial charge in [0.15, 0.2) is 0 Å². The summed E-state index contributed by atoms with van der Waals surface area (Å²) >= 11 is 35.4. The summed E-state index contributed by atoms with van der Waals surface area (Å²) in [4.78, 5) is 4.02. The molecule has 0 radical (unpaired) electrons. The number of hydrogen-bond acceptors (Lipinski definition) is 1. The summed E-state index contributed by atoms with van der Waals surface area (Å²) in [5.74, 6) is 0. The van der Waals surface area contributed by atoms with Crippen LogP contribution in [0, 0.1) is 0 Å². The van der Waals surface area contributed by atoms with E-state index in [2.05, 4.69) is 4.98 Å². The van der Waals surface area contributed by atoms with Crippen LogP contribution in [0.25, 0.3) is 10.9 Å². The third-order valence-electron chi connectivity index (χ3n) is 1.95. The molecule has 2 aromatic rings. The van der Waals surface area contributed by atoms with Crippen LogP contribution in [-0.4, -0.2) is 4.98 Å². The average molecular weight is 336 g/mol. The number of benzene rings is 1. The molecule has 0 fully saturated rings. The van der Waals surface area contributed by atoms with Crippen LogP contribution >= 0.6 is 69.6 Å². The van der Waals surface area contributed by atoms with E-state index in [0.717, 1.165) is 0 Å². The molecule has 84 valence electrons. The molecule has 0 bridgehead atoms. The summed E-state index contributed by atoms with van der Waals surface area (Å²) in [5.41, 5.74) is 0.443. The molecular weight excluding hydrogens is 335 g/mol. The van der Waals surface area contributed by atoms with Crippen LogP contribution in [-0.2, 0) is 0 Å². The average Bonchev–Trinajstić information content (AvgIpc) is 2.23. The van der Waals surface area contributed by atoms with Gasteiger partial charge in [-0.1, -0.05) is 69.6 Å². The minimum absolute atomic E-state index is 0.0913. The van der Waals surface area contributed by atoms with Gasteiger partial charge in [-0.2, -0.15) is 0 Å². The highest BCUT2D eigenvalue weighted by Gasteiger charge is 2.17. The molecule has 2 rings (SSSR count). The number of pyridine rings is 1. The highest BCUT2D eigenvalue weighted by molar-refractivity contribution is 6.54. The summed E-state index contributed by atoms with van der Waals surface area (Å²) in [6, 6.07) is 1.53. The number of rotatable bonds is 0. The topological polar surface area (TPSA) is 12.9 Å². The fourth-order valence-corrected chi connectivity index (χ4v) is 2.62. The van der Waals surface area contributed by atoms with Gasteiger partial charge in [-0.15, -0.1) is 0 Å². The Balaban J connectivity index is 3.03. The van der Waals surface area contributed by atoms with Gasteiger partial charge < -0.3 is 0 Å². The summed E-state index contributed by atoms with van der Waals surface area (Å²) in [7, 11) is 0. The van der Waals surface area contributed by atoms with Crippen LogP contribution in [0.5, 0.6) is 0 Å². The quantitative estimate of drug-likeness (QED) is 0.415. The van der Waals surface area contributed by atoms with Crippen LogP contribution in [0.3, 0.4) is 0 Å². The van der Waals surface area contributed by atoms with Crippen molar-refractivity contribution in [3.8, 4) is 0 Å². The van der Waals surface area contributed by atoms with E-state index in [1.807, 2.05) is 0 Å². The van der Waals surface area contributed by atoms with Gasteiger partial charge in [-0.3, -0.25) is 0 Å². The van der Waals surface area contributed by atoms with Crippen molar-refractivity contribution in [2.24, 2.45) is 0 Å². The van der Waals surface area contributed by atoms with Crippen molar-refractivity contribution in [1.82, 2.24) is 4.98 Å². The van der Waals surface area contributed by atoms with Crippen LogP contribution in [0.1, 0.15) is 0 Å². The van der Waals surface area contributed by atoms with Gasteiger partial charge in [0.1, 0.15) is 5.15 Å². The van der Waals surface area contributed by atoms with Crippen LogP contribution < -0.4 is 0 Å². The number of aromatic nitrogens is 1. The first-order valence-electron chi connectivity index (χ1n) is 3.91. The zero-order valence-corrected chi connectivity index (χ0v) is 11.8. The lowest BCUT2D eigenvalue weighted by atomic mass is 10.2. The van der Waals surface area contributed by atoms with Crippen molar-refractivity contribution in [2.75, 3.05) is 0 Å². The van der Waals surface area contributed by atoms with Crippen LogP contribution in [0.15, 0.2) is 6.07 Å². The zero-order chi connectivity index (χ0) is 12.0. The molecular formula is C9HCl6N. The normalized spacial score (nSPS) is 11.1. The minimum atomic E-state index is 0.0913. The molecule has 0 aliphatic carbocycles. The molecule has 0 N–H and O–H groups in total. The molecule has 7 heteroatoms. The van der Waals surface area contributed by atoms with Crippen molar-refractivity contribution >= 4 is 80.5 Å². The predicted molar refractivity (Wildman–Crippen MR) is 71.8 cm³/mol. The van der Waals surface area contributed by atoms with Crippen molar-refractivity contribution in [2.45, 2.75) is 0 Å².